The first-order valence-electron chi connectivity index (χ1n) is 5.40. The summed E-state index contributed by atoms with van der Waals surface area (Å²) in [5.41, 5.74) is 1.89. The van der Waals surface area contributed by atoms with Crippen LogP contribution in [-0.2, 0) is 0 Å². The van der Waals surface area contributed by atoms with Crippen LogP contribution in [0.1, 0.15) is 0 Å². The number of rotatable bonds is 2. The average Bonchev–Trinajstić information content (AvgIpc) is 2.77. The first-order valence-corrected chi connectivity index (χ1v) is 8.06. The molecule has 1 heterocycles. The topological polar surface area (TPSA) is 24.9 Å². The number of thiazole rings is 1. The van der Waals surface area contributed by atoms with E-state index in [1.165, 1.54) is 0 Å². The van der Waals surface area contributed by atoms with Crippen LogP contribution in [0.15, 0.2) is 36.4 Å². The predicted molar refractivity (Wildman–Crippen MR) is 92.1 cm³/mol. The molecular weight excluding hydrogens is 414 g/mol. The Morgan fingerprint density at radius 3 is 2.74 bits per heavy atom. The van der Waals surface area contributed by atoms with Crippen LogP contribution in [0.4, 0.5) is 10.8 Å². The molecule has 0 atom stereocenters. The van der Waals surface area contributed by atoms with Crippen molar-refractivity contribution in [3.8, 4) is 0 Å². The fraction of sp³-hybridized carbons (Fsp3) is 0. The van der Waals surface area contributed by atoms with Crippen LogP contribution in [0, 0.1) is 3.57 Å². The Kier molecular flexibility index (Phi) is 3.84. The number of aromatic nitrogens is 1. The van der Waals surface area contributed by atoms with Gasteiger partial charge in [0.1, 0.15) is 0 Å². The number of hydrogen-bond donors (Lipinski definition) is 1. The van der Waals surface area contributed by atoms with E-state index in [1.807, 2.05) is 36.4 Å². The zero-order valence-corrected chi connectivity index (χ0v) is 13.9. The third kappa shape index (κ3) is 2.81. The monoisotopic (exact) mass is 420 g/mol. The molecule has 0 saturated carbocycles. The van der Waals surface area contributed by atoms with Crippen LogP contribution in [0.5, 0.6) is 0 Å². The lowest BCUT2D eigenvalue weighted by Gasteiger charge is -2.05. The van der Waals surface area contributed by atoms with E-state index in [0.717, 1.165) is 34.7 Å². The number of nitrogens with one attached hydrogen (secondary N) is 1. The van der Waals surface area contributed by atoms with Crippen molar-refractivity contribution in [3.05, 3.63) is 50.0 Å². The van der Waals surface area contributed by atoms with E-state index in [0.29, 0.717) is 0 Å². The van der Waals surface area contributed by atoms with Crippen LogP contribution in [0.2, 0.25) is 10.0 Å². The third-order valence-corrected chi connectivity index (χ3v) is 5.11. The fourth-order valence-corrected chi connectivity index (χ4v) is 3.85. The maximum atomic E-state index is 6.15. The maximum Gasteiger partial charge on any atom is 0.188 e. The Hall–Kier alpha value is -0.560. The van der Waals surface area contributed by atoms with Gasteiger partial charge in [0.05, 0.1) is 20.9 Å². The summed E-state index contributed by atoms with van der Waals surface area (Å²) in [7, 11) is 0. The molecule has 3 rings (SSSR count). The first-order chi connectivity index (χ1) is 9.13. The highest BCUT2D eigenvalue weighted by Gasteiger charge is 2.08. The van der Waals surface area contributed by atoms with Gasteiger partial charge in [0.15, 0.2) is 5.13 Å². The van der Waals surface area contributed by atoms with E-state index in [2.05, 4.69) is 32.9 Å². The molecule has 3 aromatic rings. The van der Waals surface area contributed by atoms with Crippen molar-refractivity contribution in [3.63, 3.8) is 0 Å². The molecule has 0 fully saturated rings. The van der Waals surface area contributed by atoms with Gasteiger partial charge in [-0.2, -0.15) is 0 Å². The summed E-state index contributed by atoms with van der Waals surface area (Å²) >= 11 is 15.9. The largest absolute Gasteiger partial charge is 0.331 e. The number of hydrogen-bond acceptors (Lipinski definition) is 3. The van der Waals surface area contributed by atoms with E-state index in [1.54, 1.807) is 11.3 Å². The predicted octanol–water partition coefficient (Wildman–Crippen LogP) is 5.95. The normalized spacial score (nSPS) is 10.9. The molecule has 0 amide bonds. The van der Waals surface area contributed by atoms with E-state index >= 15 is 0 Å². The molecule has 1 N–H and O–H groups in total. The highest BCUT2D eigenvalue weighted by molar-refractivity contribution is 14.1. The Bertz CT molecular complexity index is 757. The van der Waals surface area contributed by atoms with Crippen molar-refractivity contribution >= 4 is 78.2 Å². The molecule has 6 heteroatoms. The average molecular weight is 421 g/mol. The third-order valence-electron chi connectivity index (χ3n) is 2.54. The minimum atomic E-state index is 0.724. The van der Waals surface area contributed by atoms with E-state index in [9.17, 15) is 0 Å². The lowest BCUT2D eigenvalue weighted by molar-refractivity contribution is 1.43. The standard InChI is InChI=1S/C13H7Cl2IN2S/c14-7-4-5-10(9(16)6-7)17-13-18-11-3-1-2-8(15)12(11)19-13/h1-6H,(H,17,18). The fourth-order valence-electron chi connectivity index (χ4n) is 1.67. The number of anilines is 2. The van der Waals surface area contributed by atoms with Crippen molar-refractivity contribution in [2.45, 2.75) is 0 Å². The molecule has 96 valence electrons. The summed E-state index contributed by atoms with van der Waals surface area (Å²) in [5, 5.41) is 5.58. The zero-order valence-electron chi connectivity index (χ0n) is 9.45. The van der Waals surface area contributed by atoms with E-state index in [4.69, 9.17) is 23.2 Å². The van der Waals surface area contributed by atoms with Crippen LogP contribution >= 0.6 is 57.1 Å². The second kappa shape index (κ2) is 5.44. The molecular formula is C13H7Cl2IN2S. The zero-order chi connectivity index (χ0) is 13.4. The number of fused-ring (bicyclic) bond motifs is 1. The molecule has 0 aliphatic carbocycles. The second-order valence-corrected chi connectivity index (χ2v) is 6.86. The van der Waals surface area contributed by atoms with Gasteiger partial charge in [-0.1, -0.05) is 40.6 Å². The number of benzene rings is 2. The Morgan fingerprint density at radius 1 is 1.16 bits per heavy atom. The van der Waals surface area contributed by atoms with Gasteiger partial charge < -0.3 is 5.32 Å². The van der Waals surface area contributed by atoms with Gasteiger partial charge >= 0.3 is 0 Å². The van der Waals surface area contributed by atoms with Crippen molar-refractivity contribution in [2.24, 2.45) is 0 Å². The summed E-state index contributed by atoms with van der Waals surface area (Å²) in [6, 6.07) is 11.4. The molecule has 2 nitrogen and oxygen atoms in total. The first kappa shape index (κ1) is 13.4. The molecule has 0 saturated heterocycles. The highest BCUT2D eigenvalue weighted by atomic mass is 127. The lowest BCUT2D eigenvalue weighted by Crippen LogP contribution is -1.91. The Morgan fingerprint density at radius 2 is 2.00 bits per heavy atom. The van der Waals surface area contributed by atoms with Gasteiger partial charge in [-0.25, -0.2) is 4.98 Å². The lowest BCUT2D eigenvalue weighted by atomic mass is 10.3. The molecule has 0 radical (unpaired) electrons. The molecule has 0 spiro atoms. The number of nitrogens with zero attached hydrogens (tertiary/aromatic N) is 1. The molecule has 0 aliphatic rings. The van der Waals surface area contributed by atoms with Crippen LogP contribution in [0.25, 0.3) is 10.2 Å². The molecule has 1 aromatic heterocycles. The van der Waals surface area contributed by atoms with Crippen molar-refractivity contribution in [1.82, 2.24) is 4.98 Å². The molecule has 2 aromatic carbocycles. The second-order valence-electron chi connectivity index (χ2n) is 3.86. The smallest absolute Gasteiger partial charge is 0.188 e. The van der Waals surface area contributed by atoms with Gasteiger partial charge in [-0.15, -0.1) is 0 Å². The number of halogens is 3. The van der Waals surface area contributed by atoms with Gasteiger partial charge in [0.2, 0.25) is 0 Å². The van der Waals surface area contributed by atoms with Crippen LogP contribution in [0.3, 0.4) is 0 Å². The van der Waals surface area contributed by atoms with Gasteiger partial charge in [-0.3, -0.25) is 0 Å². The van der Waals surface area contributed by atoms with E-state index < -0.39 is 0 Å². The summed E-state index contributed by atoms with van der Waals surface area (Å²) in [6.45, 7) is 0. The quantitative estimate of drug-likeness (QED) is 0.518. The minimum absolute atomic E-state index is 0.724. The molecule has 0 unspecified atom stereocenters. The van der Waals surface area contributed by atoms with Gasteiger partial charge in [-0.05, 0) is 52.9 Å². The van der Waals surface area contributed by atoms with E-state index in [-0.39, 0.29) is 0 Å². The summed E-state index contributed by atoms with van der Waals surface area (Å²) < 4.78 is 2.05. The Labute approximate surface area is 137 Å². The van der Waals surface area contributed by atoms with Crippen LogP contribution in [-0.4, -0.2) is 4.98 Å². The van der Waals surface area contributed by atoms with Crippen LogP contribution < -0.4 is 5.32 Å². The molecule has 19 heavy (non-hydrogen) atoms. The Balaban J connectivity index is 1.99. The highest BCUT2D eigenvalue weighted by Crippen LogP contribution is 2.34. The van der Waals surface area contributed by atoms with Crippen molar-refractivity contribution < 1.29 is 0 Å². The molecule has 0 aliphatic heterocycles. The summed E-state index contributed by atoms with van der Waals surface area (Å²) in [6.07, 6.45) is 0. The summed E-state index contributed by atoms with van der Waals surface area (Å²) in [5.74, 6) is 0. The summed E-state index contributed by atoms with van der Waals surface area (Å²) in [4.78, 5) is 4.52. The van der Waals surface area contributed by atoms with Gasteiger partial charge in [0, 0.05) is 8.59 Å². The minimum Gasteiger partial charge on any atom is -0.331 e. The van der Waals surface area contributed by atoms with Gasteiger partial charge in [0.25, 0.3) is 0 Å². The van der Waals surface area contributed by atoms with Crippen molar-refractivity contribution in [1.29, 1.82) is 0 Å². The molecule has 0 bridgehead atoms. The maximum absolute atomic E-state index is 6.15. The van der Waals surface area contributed by atoms with Crippen molar-refractivity contribution in [2.75, 3.05) is 5.32 Å². The SMILES string of the molecule is Clc1ccc(Nc2nc3cccc(Cl)c3s2)c(I)c1.